The second-order valence-corrected chi connectivity index (χ2v) is 3.27. The molecule has 0 bridgehead atoms. The van der Waals surface area contributed by atoms with Crippen molar-refractivity contribution in [1.29, 1.82) is 0 Å². The number of halogens is 2. The Morgan fingerprint density at radius 3 is 2.65 bits per heavy atom. The molecule has 1 rings (SSSR count). The second-order valence-electron chi connectivity index (χ2n) is 3.27. The van der Waals surface area contributed by atoms with Crippen LogP contribution in [-0.4, -0.2) is 24.8 Å². The predicted octanol–water partition coefficient (Wildman–Crippen LogP) is 1.96. The van der Waals surface area contributed by atoms with Crippen LogP contribution in [0.4, 0.5) is 8.78 Å². The number of benzene rings is 1. The summed E-state index contributed by atoms with van der Waals surface area (Å²) >= 11 is 0. The molecule has 0 atom stereocenters. The Labute approximate surface area is 96.8 Å². The maximum absolute atomic E-state index is 13.4. The van der Waals surface area contributed by atoms with Crippen LogP contribution in [0.5, 0.6) is 5.75 Å². The highest BCUT2D eigenvalue weighted by atomic mass is 19.1. The van der Waals surface area contributed by atoms with Crippen molar-refractivity contribution in [2.24, 2.45) is 0 Å². The molecule has 6 heteroatoms. The average molecular weight is 246 g/mol. The van der Waals surface area contributed by atoms with Crippen molar-refractivity contribution in [2.75, 3.05) is 13.7 Å². The first-order valence-corrected chi connectivity index (χ1v) is 4.86. The first-order chi connectivity index (χ1) is 8.04. The number of carboxylic acid groups (broad SMARTS) is 1. The molecule has 0 saturated heterocycles. The van der Waals surface area contributed by atoms with Crippen molar-refractivity contribution in [3.63, 3.8) is 0 Å². The van der Waals surface area contributed by atoms with Crippen molar-refractivity contribution in [1.82, 2.24) is 0 Å². The number of rotatable bonds is 6. The molecule has 4 nitrogen and oxygen atoms in total. The molecule has 1 aromatic carbocycles. The fourth-order valence-electron chi connectivity index (χ4n) is 1.18. The van der Waals surface area contributed by atoms with Gasteiger partial charge in [0.1, 0.15) is 5.82 Å². The summed E-state index contributed by atoms with van der Waals surface area (Å²) in [4.78, 5) is 10.2. The van der Waals surface area contributed by atoms with Crippen LogP contribution in [-0.2, 0) is 16.1 Å². The normalized spacial score (nSPS) is 10.3. The SMILES string of the molecule is COc1cc(F)c(COCCC(=O)O)cc1F. The molecular weight excluding hydrogens is 234 g/mol. The zero-order valence-electron chi connectivity index (χ0n) is 9.20. The summed E-state index contributed by atoms with van der Waals surface area (Å²) < 4.78 is 36.1. The topological polar surface area (TPSA) is 55.8 Å². The first kappa shape index (κ1) is 13.4. The van der Waals surface area contributed by atoms with Crippen molar-refractivity contribution < 1.29 is 28.2 Å². The fraction of sp³-hybridized carbons (Fsp3) is 0.364. The van der Waals surface area contributed by atoms with E-state index >= 15 is 0 Å². The zero-order chi connectivity index (χ0) is 12.8. The van der Waals surface area contributed by atoms with E-state index in [1.165, 1.54) is 7.11 Å². The number of aliphatic carboxylic acids is 1. The monoisotopic (exact) mass is 246 g/mol. The Morgan fingerprint density at radius 1 is 1.35 bits per heavy atom. The standard InChI is InChI=1S/C11H12F2O4/c1-16-10-5-8(12)7(4-9(10)13)6-17-3-2-11(14)15/h4-5H,2-3,6H2,1H3,(H,14,15). The van der Waals surface area contributed by atoms with Gasteiger partial charge in [0.2, 0.25) is 0 Å². The van der Waals surface area contributed by atoms with Crippen molar-refractivity contribution in [3.8, 4) is 5.75 Å². The zero-order valence-corrected chi connectivity index (χ0v) is 9.20. The molecule has 0 radical (unpaired) electrons. The lowest BCUT2D eigenvalue weighted by Crippen LogP contribution is -2.04. The Kier molecular flexibility index (Phi) is 4.84. The van der Waals surface area contributed by atoms with Crippen molar-refractivity contribution in [2.45, 2.75) is 13.0 Å². The van der Waals surface area contributed by atoms with E-state index in [1.807, 2.05) is 0 Å². The third-order valence-electron chi connectivity index (χ3n) is 2.04. The summed E-state index contributed by atoms with van der Waals surface area (Å²) in [5, 5.41) is 8.35. The maximum Gasteiger partial charge on any atom is 0.305 e. The van der Waals surface area contributed by atoms with Gasteiger partial charge in [-0.15, -0.1) is 0 Å². The number of hydrogen-bond donors (Lipinski definition) is 1. The molecule has 94 valence electrons. The molecular formula is C11H12F2O4. The molecule has 0 unspecified atom stereocenters. The minimum Gasteiger partial charge on any atom is -0.494 e. The van der Waals surface area contributed by atoms with E-state index < -0.39 is 17.6 Å². The summed E-state index contributed by atoms with van der Waals surface area (Å²) in [7, 11) is 1.24. The second kappa shape index (κ2) is 6.15. The molecule has 0 fully saturated rings. The third kappa shape index (κ3) is 3.99. The molecule has 1 aromatic rings. The molecule has 0 aliphatic rings. The number of ether oxygens (including phenoxy) is 2. The van der Waals surface area contributed by atoms with Crippen molar-refractivity contribution in [3.05, 3.63) is 29.3 Å². The van der Waals surface area contributed by atoms with Gasteiger partial charge in [0.25, 0.3) is 0 Å². The van der Waals surface area contributed by atoms with Gasteiger partial charge in [0.05, 0.1) is 26.7 Å². The highest BCUT2D eigenvalue weighted by molar-refractivity contribution is 5.66. The number of methoxy groups -OCH3 is 1. The van der Waals surface area contributed by atoms with Crippen LogP contribution in [0.2, 0.25) is 0 Å². The van der Waals surface area contributed by atoms with Gasteiger partial charge in [-0.25, -0.2) is 8.78 Å². The van der Waals surface area contributed by atoms with Crippen molar-refractivity contribution >= 4 is 5.97 Å². The van der Waals surface area contributed by atoms with Crippen LogP contribution in [0.25, 0.3) is 0 Å². The lowest BCUT2D eigenvalue weighted by molar-refractivity contribution is -0.138. The van der Waals surface area contributed by atoms with E-state index in [1.54, 1.807) is 0 Å². The van der Waals surface area contributed by atoms with E-state index in [0.717, 1.165) is 12.1 Å². The highest BCUT2D eigenvalue weighted by Crippen LogP contribution is 2.21. The van der Waals surface area contributed by atoms with Crippen LogP contribution in [0, 0.1) is 11.6 Å². The quantitative estimate of drug-likeness (QED) is 0.779. The lowest BCUT2D eigenvalue weighted by Gasteiger charge is -2.07. The molecule has 0 aliphatic heterocycles. The van der Waals surface area contributed by atoms with Crippen LogP contribution in [0.15, 0.2) is 12.1 Å². The number of carboxylic acids is 1. The first-order valence-electron chi connectivity index (χ1n) is 4.86. The lowest BCUT2D eigenvalue weighted by atomic mass is 10.2. The summed E-state index contributed by atoms with van der Waals surface area (Å²) in [6.45, 7) is -0.234. The number of hydrogen-bond acceptors (Lipinski definition) is 3. The van der Waals surface area contributed by atoms with E-state index in [-0.39, 0.29) is 30.9 Å². The van der Waals surface area contributed by atoms with Gasteiger partial charge in [-0.3, -0.25) is 4.79 Å². The minimum absolute atomic E-state index is 0.0219. The van der Waals surface area contributed by atoms with E-state index in [0.29, 0.717) is 0 Å². The van der Waals surface area contributed by atoms with E-state index in [4.69, 9.17) is 9.84 Å². The fourth-order valence-corrected chi connectivity index (χ4v) is 1.18. The van der Waals surface area contributed by atoms with Gasteiger partial charge in [-0.1, -0.05) is 0 Å². The predicted molar refractivity (Wildman–Crippen MR) is 54.8 cm³/mol. The Morgan fingerprint density at radius 2 is 2.06 bits per heavy atom. The Balaban J connectivity index is 2.59. The molecule has 0 aromatic heterocycles. The van der Waals surface area contributed by atoms with E-state index in [2.05, 4.69) is 4.74 Å². The average Bonchev–Trinajstić information content (AvgIpc) is 2.28. The molecule has 1 N–H and O–H groups in total. The van der Waals surface area contributed by atoms with Gasteiger partial charge < -0.3 is 14.6 Å². The van der Waals surface area contributed by atoms with Crippen LogP contribution < -0.4 is 4.74 Å². The summed E-state index contributed by atoms with van der Waals surface area (Å²) in [5.41, 5.74) is 0.0219. The molecule has 0 saturated carbocycles. The van der Waals surface area contributed by atoms with Gasteiger partial charge >= 0.3 is 5.97 Å². The van der Waals surface area contributed by atoms with Gasteiger partial charge in [-0.2, -0.15) is 0 Å². The third-order valence-corrected chi connectivity index (χ3v) is 2.04. The Hall–Kier alpha value is -1.69. The molecule has 0 spiro atoms. The highest BCUT2D eigenvalue weighted by Gasteiger charge is 2.10. The van der Waals surface area contributed by atoms with Gasteiger partial charge in [0, 0.05) is 11.6 Å². The van der Waals surface area contributed by atoms with Crippen LogP contribution in [0.1, 0.15) is 12.0 Å². The summed E-state index contributed by atoms with van der Waals surface area (Å²) in [6.07, 6.45) is -0.180. The minimum atomic E-state index is -1.01. The smallest absolute Gasteiger partial charge is 0.305 e. The molecule has 17 heavy (non-hydrogen) atoms. The van der Waals surface area contributed by atoms with Gasteiger partial charge in [0.15, 0.2) is 11.6 Å². The number of carbonyl (C=O) groups is 1. The maximum atomic E-state index is 13.4. The van der Waals surface area contributed by atoms with E-state index in [9.17, 15) is 13.6 Å². The summed E-state index contributed by atoms with van der Waals surface area (Å²) in [5.74, 6) is -2.53. The molecule has 0 heterocycles. The largest absolute Gasteiger partial charge is 0.494 e. The van der Waals surface area contributed by atoms with Gasteiger partial charge in [-0.05, 0) is 6.07 Å². The molecule has 0 aliphatic carbocycles. The molecule has 0 amide bonds. The van der Waals surface area contributed by atoms with Crippen LogP contribution >= 0.6 is 0 Å². The Bertz CT molecular complexity index is 407. The summed E-state index contributed by atoms with van der Waals surface area (Å²) in [6, 6.07) is 1.89. The van der Waals surface area contributed by atoms with Crippen LogP contribution in [0.3, 0.4) is 0 Å².